The van der Waals surface area contributed by atoms with Gasteiger partial charge in [0.05, 0.1) is 11.2 Å². The van der Waals surface area contributed by atoms with Crippen LogP contribution in [0.15, 0.2) is 47.6 Å². The van der Waals surface area contributed by atoms with Gasteiger partial charge < -0.3 is 0 Å². The van der Waals surface area contributed by atoms with Crippen LogP contribution in [0.1, 0.15) is 16.7 Å². The number of benzene rings is 1. The van der Waals surface area contributed by atoms with Crippen molar-refractivity contribution in [1.82, 2.24) is 14.0 Å². The van der Waals surface area contributed by atoms with Crippen LogP contribution >= 0.6 is 0 Å². The van der Waals surface area contributed by atoms with Crippen molar-refractivity contribution in [1.29, 1.82) is 0 Å². The number of pyridine rings is 1. The molecule has 0 saturated carbocycles. The van der Waals surface area contributed by atoms with E-state index in [9.17, 15) is 16.8 Å². The first kappa shape index (κ1) is 20.5. The first-order valence-electron chi connectivity index (χ1n) is 8.00. The van der Waals surface area contributed by atoms with Crippen molar-refractivity contribution >= 4 is 20.0 Å². The third kappa shape index (κ3) is 5.60. The molecule has 0 aliphatic carbocycles. The minimum Gasteiger partial charge on any atom is -0.264 e. The van der Waals surface area contributed by atoms with Crippen LogP contribution in [-0.4, -0.2) is 45.5 Å². The Labute approximate surface area is 155 Å². The number of hydrogen-bond donors (Lipinski definition) is 1. The quantitative estimate of drug-likeness (QED) is 0.727. The Morgan fingerprint density at radius 3 is 2.42 bits per heavy atom. The summed E-state index contributed by atoms with van der Waals surface area (Å²) in [7, 11) is -7.19. The van der Waals surface area contributed by atoms with Crippen LogP contribution in [0.4, 0.5) is 0 Å². The van der Waals surface area contributed by atoms with Crippen LogP contribution < -0.4 is 4.72 Å². The molecule has 142 valence electrons. The van der Waals surface area contributed by atoms with E-state index in [-0.39, 0.29) is 24.5 Å². The summed E-state index contributed by atoms with van der Waals surface area (Å²) >= 11 is 0. The van der Waals surface area contributed by atoms with Crippen LogP contribution in [0.5, 0.6) is 0 Å². The number of aromatic nitrogens is 1. The third-order valence-electron chi connectivity index (χ3n) is 3.82. The maximum Gasteiger partial charge on any atom is 0.240 e. The van der Waals surface area contributed by atoms with Crippen LogP contribution in [0.25, 0.3) is 0 Å². The van der Waals surface area contributed by atoms with Gasteiger partial charge in [0.1, 0.15) is 0 Å². The minimum atomic E-state index is -3.71. The molecule has 0 saturated heterocycles. The van der Waals surface area contributed by atoms with Crippen molar-refractivity contribution in [3.63, 3.8) is 0 Å². The molecule has 0 amide bonds. The summed E-state index contributed by atoms with van der Waals surface area (Å²) in [5.74, 6) is 0. The van der Waals surface area contributed by atoms with Crippen molar-refractivity contribution in [2.24, 2.45) is 0 Å². The Hall–Kier alpha value is -1.81. The standard InChI is InChI=1S/C17H23N3O4S2/c1-14-6-7-17(15(2)11-14)26(23,24)19-9-10-20(25(3,21)22)13-16-5-4-8-18-12-16/h4-8,11-12,19H,9-10,13H2,1-3H3. The lowest BCUT2D eigenvalue weighted by atomic mass is 10.2. The highest BCUT2D eigenvalue weighted by Gasteiger charge is 2.20. The average molecular weight is 398 g/mol. The van der Waals surface area contributed by atoms with E-state index in [0.29, 0.717) is 5.56 Å². The van der Waals surface area contributed by atoms with E-state index in [1.807, 2.05) is 6.92 Å². The predicted molar refractivity (Wildman–Crippen MR) is 101 cm³/mol. The Morgan fingerprint density at radius 2 is 1.85 bits per heavy atom. The van der Waals surface area contributed by atoms with Gasteiger partial charge in [-0.15, -0.1) is 0 Å². The lowest BCUT2D eigenvalue weighted by molar-refractivity contribution is 0.412. The number of hydrogen-bond acceptors (Lipinski definition) is 5. The SMILES string of the molecule is Cc1ccc(S(=O)(=O)NCCN(Cc2cccnc2)S(C)(=O)=O)c(C)c1. The van der Waals surface area contributed by atoms with E-state index in [1.54, 1.807) is 49.6 Å². The van der Waals surface area contributed by atoms with Crippen molar-refractivity contribution in [3.8, 4) is 0 Å². The molecule has 0 radical (unpaired) electrons. The summed E-state index contributed by atoms with van der Waals surface area (Å²) in [5.41, 5.74) is 2.35. The molecule has 0 fully saturated rings. The highest BCUT2D eigenvalue weighted by molar-refractivity contribution is 7.89. The van der Waals surface area contributed by atoms with Gasteiger partial charge in [0.25, 0.3) is 0 Å². The van der Waals surface area contributed by atoms with Gasteiger partial charge >= 0.3 is 0 Å². The van der Waals surface area contributed by atoms with Gasteiger partial charge in [-0.1, -0.05) is 23.8 Å². The molecule has 2 aromatic rings. The van der Waals surface area contributed by atoms with Crippen molar-refractivity contribution in [3.05, 3.63) is 59.4 Å². The van der Waals surface area contributed by atoms with Gasteiger partial charge in [0, 0.05) is 32.0 Å². The molecule has 0 bridgehead atoms. The summed E-state index contributed by atoms with van der Waals surface area (Å²) in [5, 5.41) is 0. The van der Waals surface area contributed by atoms with Crippen molar-refractivity contribution in [2.45, 2.75) is 25.3 Å². The van der Waals surface area contributed by atoms with Gasteiger partial charge in [0.15, 0.2) is 0 Å². The molecule has 7 nitrogen and oxygen atoms in total. The Kier molecular flexibility index (Phi) is 6.51. The molecule has 0 atom stereocenters. The zero-order valence-corrected chi connectivity index (χ0v) is 16.6. The molecular formula is C17H23N3O4S2. The summed E-state index contributed by atoms with van der Waals surface area (Å²) in [6.45, 7) is 3.75. The molecule has 1 aromatic carbocycles. The number of nitrogens with zero attached hydrogens (tertiary/aromatic N) is 2. The Bertz CT molecular complexity index is 959. The molecule has 26 heavy (non-hydrogen) atoms. The maximum absolute atomic E-state index is 12.5. The lowest BCUT2D eigenvalue weighted by Crippen LogP contribution is -2.37. The van der Waals surface area contributed by atoms with Gasteiger partial charge in [-0.2, -0.15) is 4.31 Å². The third-order valence-corrected chi connectivity index (χ3v) is 6.69. The molecule has 0 aliphatic heterocycles. The van der Waals surface area contributed by atoms with Crippen molar-refractivity contribution < 1.29 is 16.8 Å². The smallest absolute Gasteiger partial charge is 0.240 e. The van der Waals surface area contributed by atoms with E-state index in [2.05, 4.69) is 9.71 Å². The second-order valence-corrected chi connectivity index (χ2v) is 9.84. The molecule has 1 aromatic heterocycles. The molecular weight excluding hydrogens is 374 g/mol. The second-order valence-electron chi connectivity index (χ2n) is 6.12. The van der Waals surface area contributed by atoms with E-state index >= 15 is 0 Å². The molecule has 0 spiro atoms. The first-order valence-corrected chi connectivity index (χ1v) is 11.3. The molecule has 2 rings (SSSR count). The van der Waals surface area contributed by atoms with Crippen LogP contribution in [0.2, 0.25) is 0 Å². The molecule has 0 unspecified atom stereocenters. The average Bonchev–Trinajstić information content (AvgIpc) is 2.53. The van der Waals surface area contributed by atoms with E-state index in [0.717, 1.165) is 17.4 Å². The number of nitrogens with one attached hydrogen (secondary N) is 1. The fourth-order valence-electron chi connectivity index (χ4n) is 2.54. The Balaban J connectivity index is 2.07. The van der Waals surface area contributed by atoms with Gasteiger partial charge in [-0.25, -0.2) is 21.6 Å². The lowest BCUT2D eigenvalue weighted by Gasteiger charge is -2.20. The zero-order chi connectivity index (χ0) is 19.4. The second kappa shape index (κ2) is 8.26. The van der Waals surface area contributed by atoms with Gasteiger partial charge in [-0.3, -0.25) is 4.98 Å². The van der Waals surface area contributed by atoms with E-state index < -0.39 is 20.0 Å². The molecule has 0 aliphatic rings. The predicted octanol–water partition coefficient (Wildman–Crippen LogP) is 1.44. The van der Waals surface area contributed by atoms with Crippen LogP contribution in [0, 0.1) is 13.8 Å². The highest BCUT2D eigenvalue weighted by atomic mass is 32.2. The first-order chi connectivity index (χ1) is 12.1. The Morgan fingerprint density at radius 1 is 1.12 bits per heavy atom. The number of aryl methyl sites for hydroxylation is 2. The van der Waals surface area contributed by atoms with Gasteiger partial charge in [-0.05, 0) is 37.1 Å². The van der Waals surface area contributed by atoms with E-state index in [4.69, 9.17) is 0 Å². The van der Waals surface area contributed by atoms with Crippen LogP contribution in [0.3, 0.4) is 0 Å². The summed E-state index contributed by atoms with van der Waals surface area (Å²) in [4.78, 5) is 4.16. The number of sulfonamides is 2. The monoisotopic (exact) mass is 397 g/mol. The molecule has 9 heteroatoms. The summed E-state index contributed by atoms with van der Waals surface area (Å²) in [6, 6.07) is 8.56. The van der Waals surface area contributed by atoms with Crippen LogP contribution in [-0.2, 0) is 26.6 Å². The summed E-state index contributed by atoms with van der Waals surface area (Å²) < 4.78 is 52.6. The normalized spacial score (nSPS) is 12.5. The number of rotatable bonds is 8. The molecule has 1 N–H and O–H groups in total. The highest BCUT2D eigenvalue weighted by Crippen LogP contribution is 2.16. The zero-order valence-electron chi connectivity index (χ0n) is 15.0. The minimum absolute atomic E-state index is 0.0248. The fourth-order valence-corrected chi connectivity index (χ4v) is 4.59. The van der Waals surface area contributed by atoms with Gasteiger partial charge in [0.2, 0.25) is 20.0 Å². The van der Waals surface area contributed by atoms with Crippen molar-refractivity contribution in [2.75, 3.05) is 19.3 Å². The topological polar surface area (TPSA) is 96.4 Å². The maximum atomic E-state index is 12.5. The fraction of sp³-hybridized carbons (Fsp3) is 0.353. The summed E-state index contributed by atoms with van der Waals surface area (Å²) in [6.07, 6.45) is 4.28. The molecule has 1 heterocycles. The van der Waals surface area contributed by atoms with E-state index in [1.165, 1.54) is 4.31 Å². The largest absolute Gasteiger partial charge is 0.264 e.